The second-order valence-corrected chi connectivity index (χ2v) is 8.66. The lowest BCUT2D eigenvalue weighted by Gasteiger charge is -2.30. The van der Waals surface area contributed by atoms with Gasteiger partial charge >= 0.3 is 0 Å². The van der Waals surface area contributed by atoms with Crippen molar-refractivity contribution in [2.45, 2.75) is 13.3 Å². The summed E-state index contributed by atoms with van der Waals surface area (Å²) in [4.78, 5) is 1.99. The fraction of sp³-hybridized carbons (Fsp3) is 0.167. The first kappa shape index (κ1) is 22.8. The van der Waals surface area contributed by atoms with Crippen molar-refractivity contribution < 1.29 is 17.7 Å². The largest absolute Gasteiger partial charge is 0.462 e. The van der Waals surface area contributed by atoms with Crippen molar-refractivity contribution in [1.82, 2.24) is 0 Å². The molecule has 3 rings (SSSR count). The van der Waals surface area contributed by atoms with Crippen LogP contribution in [0, 0.1) is 22.7 Å². The highest BCUT2D eigenvalue weighted by molar-refractivity contribution is 7.85. The Morgan fingerprint density at radius 2 is 1.94 bits per heavy atom. The minimum Gasteiger partial charge on any atom is -0.462 e. The molecule has 0 aliphatic carbocycles. The van der Waals surface area contributed by atoms with Crippen LogP contribution in [-0.2, 0) is 14.9 Å². The summed E-state index contributed by atoms with van der Waals surface area (Å²) in [6.07, 6.45) is 12.8. The fourth-order valence-corrected chi connectivity index (χ4v) is 3.85. The second-order valence-electron chi connectivity index (χ2n) is 7.09. The van der Waals surface area contributed by atoms with Crippen molar-refractivity contribution in [3.8, 4) is 12.1 Å². The number of nitrogens with zero attached hydrogens (tertiary/aromatic N) is 3. The molecule has 7 nitrogen and oxygen atoms in total. The summed E-state index contributed by atoms with van der Waals surface area (Å²) in [5.41, 5.74) is 3.28. The van der Waals surface area contributed by atoms with Crippen LogP contribution in [0.4, 0.5) is 5.69 Å². The molecule has 0 fully saturated rings. The number of hydrogen-bond acceptors (Lipinski definition) is 6. The van der Waals surface area contributed by atoms with Gasteiger partial charge in [0.05, 0.1) is 5.75 Å². The number of allylic oxidation sites excluding steroid dienone is 9. The van der Waals surface area contributed by atoms with E-state index in [9.17, 15) is 8.42 Å². The van der Waals surface area contributed by atoms with E-state index in [-0.39, 0.29) is 17.7 Å². The third-order valence-electron chi connectivity index (χ3n) is 4.73. The molecule has 2 aliphatic heterocycles. The Morgan fingerprint density at radius 1 is 1.19 bits per heavy atom. The van der Waals surface area contributed by atoms with Gasteiger partial charge in [-0.3, -0.25) is 4.55 Å². The Morgan fingerprint density at radius 3 is 2.66 bits per heavy atom. The molecule has 0 aromatic heterocycles. The lowest BCUT2D eigenvalue weighted by molar-refractivity contribution is 0.317. The average Bonchev–Trinajstić information content (AvgIpc) is 2.74. The molecular formula is C24H21N3O4S. The van der Waals surface area contributed by atoms with Gasteiger partial charge in [0.1, 0.15) is 29.2 Å². The number of nitriles is 2. The summed E-state index contributed by atoms with van der Waals surface area (Å²) in [5, 5.41) is 18.2. The number of para-hydroxylation sites is 1. The molecule has 0 unspecified atom stereocenters. The van der Waals surface area contributed by atoms with Crippen LogP contribution in [0.3, 0.4) is 0 Å². The van der Waals surface area contributed by atoms with Crippen molar-refractivity contribution in [3.63, 3.8) is 0 Å². The Hall–Kier alpha value is -3.85. The van der Waals surface area contributed by atoms with E-state index in [2.05, 4.69) is 0 Å². The van der Waals surface area contributed by atoms with Gasteiger partial charge in [-0.1, -0.05) is 30.4 Å². The van der Waals surface area contributed by atoms with Crippen molar-refractivity contribution in [3.05, 3.63) is 94.6 Å². The molecule has 2 heterocycles. The van der Waals surface area contributed by atoms with Gasteiger partial charge in [0.15, 0.2) is 0 Å². The maximum Gasteiger partial charge on any atom is 0.264 e. The van der Waals surface area contributed by atoms with Gasteiger partial charge in [0.25, 0.3) is 10.1 Å². The van der Waals surface area contributed by atoms with E-state index in [0.717, 1.165) is 16.9 Å². The predicted molar refractivity (Wildman–Crippen MR) is 122 cm³/mol. The van der Waals surface area contributed by atoms with E-state index in [1.807, 2.05) is 59.5 Å². The van der Waals surface area contributed by atoms with E-state index in [0.29, 0.717) is 23.6 Å². The number of ether oxygens (including phenoxy) is 1. The smallest absolute Gasteiger partial charge is 0.264 e. The molecule has 0 saturated carbocycles. The summed E-state index contributed by atoms with van der Waals surface area (Å²) in [7, 11) is -4.03. The lowest BCUT2D eigenvalue weighted by Crippen LogP contribution is -2.26. The summed E-state index contributed by atoms with van der Waals surface area (Å²) in [5.74, 6) is 0.731. The molecule has 1 N–H and O–H groups in total. The van der Waals surface area contributed by atoms with Crippen LogP contribution in [0.25, 0.3) is 6.08 Å². The first-order chi connectivity index (χ1) is 15.3. The van der Waals surface area contributed by atoms with Gasteiger partial charge in [-0.15, -0.1) is 0 Å². The van der Waals surface area contributed by atoms with E-state index < -0.39 is 10.1 Å². The van der Waals surface area contributed by atoms with E-state index in [1.54, 1.807) is 31.2 Å². The Balaban J connectivity index is 1.86. The van der Waals surface area contributed by atoms with Crippen LogP contribution in [0.1, 0.15) is 18.9 Å². The zero-order chi connectivity index (χ0) is 23.1. The number of rotatable bonds is 6. The first-order valence-electron chi connectivity index (χ1n) is 9.81. The number of hydrogen-bond donors (Lipinski definition) is 1. The van der Waals surface area contributed by atoms with Crippen LogP contribution < -0.4 is 4.90 Å². The highest BCUT2D eigenvalue weighted by Crippen LogP contribution is 2.31. The lowest BCUT2D eigenvalue weighted by atomic mass is 10.0. The second kappa shape index (κ2) is 9.97. The Labute approximate surface area is 187 Å². The van der Waals surface area contributed by atoms with Gasteiger partial charge < -0.3 is 9.64 Å². The van der Waals surface area contributed by atoms with Crippen LogP contribution in [0.15, 0.2) is 89.1 Å². The molecule has 8 heteroatoms. The molecule has 1 aromatic rings. The van der Waals surface area contributed by atoms with Crippen LogP contribution in [-0.4, -0.2) is 25.3 Å². The van der Waals surface area contributed by atoms with Crippen LogP contribution in [0.5, 0.6) is 0 Å². The molecule has 0 amide bonds. The fourth-order valence-electron chi connectivity index (χ4n) is 3.36. The zero-order valence-corrected chi connectivity index (χ0v) is 18.2. The van der Waals surface area contributed by atoms with Gasteiger partial charge in [-0.2, -0.15) is 18.9 Å². The Bertz CT molecular complexity index is 1270. The van der Waals surface area contributed by atoms with E-state index in [4.69, 9.17) is 19.8 Å². The first-order valence-corrected chi connectivity index (χ1v) is 11.4. The molecule has 2 aliphatic rings. The topological polar surface area (TPSA) is 114 Å². The molecule has 1 aromatic carbocycles. The maximum atomic E-state index is 11.1. The van der Waals surface area contributed by atoms with Crippen molar-refractivity contribution >= 4 is 21.9 Å². The van der Waals surface area contributed by atoms with Gasteiger partial charge in [0, 0.05) is 23.5 Å². The maximum absolute atomic E-state index is 11.1. The van der Waals surface area contributed by atoms with E-state index in [1.165, 1.54) is 0 Å². The van der Waals surface area contributed by atoms with E-state index >= 15 is 0 Å². The summed E-state index contributed by atoms with van der Waals surface area (Å²) in [6, 6.07) is 11.5. The minimum absolute atomic E-state index is 0.00809. The third kappa shape index (κ3) is 5.86. The molecule has 0 radical (unpaired) electrons. The standard InChI is InChI=1S/C24H21N3O4S/c1-18-14-20(21(16-25)17-26)15-23(31-18)8-4-7-22-11-10-19-6-2-3-9-24(19)27(22)12-5-13-32(28,29)30/h2-4,6-11,14-15H,5,12-13H2,1H3,(H,28,29,30)/b8-4+,22-7+. The van der Waals surface area contributed by atoms with Gasteiger partial charge in [-0.05, 0) is 55.4 Å². The molecule has 32 heavy (non-hydrogen) atoms. The van der Waals surface area contributed by atoms with Crippen molar-refractivity contribution in [2.75, 3.05) is 17.2 Å². The van der Waals surface area contributed by atoms with Crippen LogP contribution in [0.2, 0.25) is 0 Å². The number of anilines is 1. The zero-order valence-electron chi connectivity index (χ0n) is 17.4. The molecular weight excluding hydrogens is 426 g/mol. The summed E-state index contributed by atoms with van der Waals surface area (Å²) < 4.78 is 37.0. The number of fused-ring (bicyclic) bond motifs is 1. The SMILES string of the molecule is CC1=CC(=C(C#N)C#N)C=C(/C=C/C=C2\C=Cc3ccccc3N2CCCS(=O)(=O)O)O1. The molecule has 0 saturated heterocycles. The highest BCUT2D eigenvalue weighted by atomic mass is 32.2. The third-order valence-corrected chi connectivity index (χ3v) is 5.54. The van der Waals surface area contributed by atoms with Crippen molar-refractivity contribution in [1.29, 1.82) is 10.5 Å². The summed E-state index contributed by atoms with van der Waals surface area (Å²) in [6.45, 7) is 2.14. The summed E-state index contributed by atoms with van der Waals surface area (Å²) >= 11 is 0. The average molecular weight is 448 g/mol. The number of benzene rings is 1. The Kier molecular flexibility index (Phi) is 7.11. The molecule has 0 bridgehead atoms. The molecule has 162 valence electrons. The molecule has 0 spiro atoms. The monoisotopic (exact) mass is 447 g/mol. The van der Waals surface area contributed by atoms with Gasteiger partial charge in [-0.25, -0.2) is 0 Å². The quantitative estimate of drug-likeness (QED) is 0.508. The minimum atomic E-state index is -4.03. The van der Waals surface area contributed by atoms with Crippen molar-refractivity contribution in [2.24, 2.45) is 0 Å². The molecule has 0 atom stereocenters. The normalized spacial score (nSPS) is 16.7. The predicted octanol–water partition coefficient (Wildman–Crippen LogP) is 4.40. The highest BCUT2D eigenvalue weighted by Gasteiger charge is 2.17. The van der Waals surface area contributed by atoms with Crippen LogP contribution >= 0.6 is 0 Å². The van der Waals surface area contributed by atoms with Gasteiger partial charge in [0.2, 0.25) is 0 Å².